The summed E-state index contributed by atoms with van der Waals surface area (Å²) in [6, 6.07) is 4.83. The Morgan fingerprint density at radius 2 is 2.28 bits per heavy atom. The Bertz CT molecular complexity index is 380. The predicted octanol–water partition coefficient (Wildman–Crippen LogP) is 1.46. The van der Waals surface area contributed by atoms with Gasteiger partial charge in [-0.2, -0.15) is 0 Å². The summed E-state index contributed by atoms with van der Waals surface area (Å²) in [4.78, 5) is 9.23. The normalized spacial score (nSPS) is 21.9. The number of likely N-dealkylation sites (N-methyl/N-ethyl adjacent to an activating group) is 1. The topological polar surface area (TPSA) is 45.4 Å². The van der Waals surface area contributed by atoms with Crippen LogP contribution in [0.5, 0.6) is 0 Å². The molecule has 1 saturated heterocycles. The van der Waals surface area contributed by atoms with E-state index < -0.39 is 0 Å². The number of rotatable bonds is 3. The summed E-state index contributed by atoms with van der Waals surface area (Å²) in [5, 5.41) is 0. The van der Waals surface area contributed by atoms with Crippen LogP contribution in [0.4, 0.5) is 5.69 Å². The van der Waals surface area contributed by atoms with Gasteiger partial charge >= 0.3 is 0 Å². The minimum atomic E-state index is 0.512. The van der Waals surface area contributed by atoms with E-state index in [-0.39, 0.29) is 0 Å². The maximum Gasteiger partial charge on any atom is 0.0560 e. The van der Waals surface area contributed by atoms with Crippen LogP contribution in [-0.2, 0) is 6.54 Å². The van der Waals surface area contributed by atoms with Crippen molar-refractivity contribution in [1.82, 2.24) is 9.88 Å². The molecule has 0 bridgehead atoms. The molecule has 2 N–H and O–H groups in total. The van der Waals surface area contributed by atoms with Crippen molar-refractivity contribution >= 4 is 5.69 Å². The molecule has 0 aliphatic carbocycles. The zero-order valence-corrected chi connectivity index (χ0v) is 11.5. The van der Waals surface area contributed by atoms with E-state index in [1.165, 1.54) is 25.1 Å². The molecule has 4 heteroatoms. The van der Waals surface area contributed by atoms with Crippen molar-refractivity contribution in [2.45, 2.75) is 32.4 Å². The molecule has 0 saturated carbocycles. The van der Waals surface area contributed by atoms with Crippen LogP contribution in [0.3, 0.4) is 0 Å². The first-order valence-electron chi connectivity index (χ1n) is 6.84. The van der Waals surface area contributed by atoms with Gasteiger partial charge in [-0.05, 0) is 38.6 Å². The molecular weight excluding hydrogens is 224 g/mol. The van der Waals surface area contributed by atoms with Crippen molar-refractivity contribution in [3.05, 3.63) is 24.0 Å². The lowest BCUT2D eigenvalue weighted by molar-refractivity contribution is 0.328. The molecule has 1 aromatic rings. The molecule has 1 fully saturated rings. The second-order valence-corrected chi connectivity index (χ2v) is 5.08. The van der Waals surface area contributed by atoms with Crippen molar-refractivity contribution in [3.63, 3.8) is 0 Å². The van der Waals surface area contributed by atoms with Crippen LogP contribution < -0.4 is 10.6 Å². The van der Waals surface area contributed by atoms with Gasteiger partial charge in [-0.15, -0.1) is 0 Å². The number of anilines is 1. The van der Waals surface area contributed by atoms with E-state index in [2.05, 4.69) is 40.9 Å². The number of hydrogen-bond acceptors (Lipinski definition) is 4. The Morgan fingerprint density at radius 3 is 3.00 bits per heavy atom. The molecule has 1 atom stereocenters. The van der Waals surface area contributed by atoms with Gasteiger partial charge in [0.25, 0.3) is 0 Å². The highest BCUT2D eigenvalue weighted by Gasteiger charge is 2.22. The molecule has 0 amide bonds. The van der Waals surface area contributed by atoms with Gasteiger partial charge < -0.3 is 15.5 Å². The summed E-state index contributed by atoms with van der Waals surface area (Å²) in [7, 11) is 2.21. The first-order valence-corrected chi connectivity index (χ1v) is 6.84. The zero-order valence-electron chi connectivity index (χ0n) is 11.5. The summed E-state index contributed by atoms with van der Waals surface area (Å²) in [5.74, 6) is 0. The van der Waals surface area contributed by atoms with Gasteiger partial charge in [-0.25, -0.2) is 0 Å². The first-order chi connectivity index (χ1) is 8.74. The summed E-state index contributed by atoms with van der Waals surface area (Å²) in [6.07, 6.45) is 4.26. The van der Waals surface area contributed by atoms with Gasteiger partial charge in [0.15, 0.2) is 0 Å². The molecule has 100 valence electrons. The second-order valence-electron chi connectivity index (χ2n) is 5.08. The lowest BCUT2D eigenvalue weighted by Crippen LogP contribution is -2.39. The SMILES string of the molecule is CCC1CN(C)CCCN1c1ccnc(CN)c1. The molecule has 0 radical (unpaired) electrons. The Balaban J connectivity index is 2.22. The standard InChI is InChI=1S/C14H24N4/c1-3-13-11-17(2)7-4-8-18(13)14-5-6-16-12(9-14)10-15/h5-6,9,13H,3-4,7-8,10-11,15H2,1-2H3. The monoisotopic (exact) mass is 248 g/mol. The molecule has 18 heavy (non-hydrogen) atoms. The quantitative estimate of drug-likeness (QED) is 0.879. The minimum Gasteiger partial charge on any atom is -0.367 e. The molecule has 4 nitrogen and oxygen atoms in total. The lowest BCUT2D eigenvalue weighted by atomic mass is 10.1. The van der Waals surface area contributed by atoms with E-state index in [0.717, 1.165) is 18.8 Å². The van der Waals surface area contributed by atoms with Crippen molar-refractivity contribution < 1.29 is 0 Å². The fraction of sp³-hybridized carbons (Fsp3) is 0.643. The fourth-order valence-corrected chi connectivity index (χ4v) is 2.69. The molecule has 1 aliphatic heterocycles. The zero-order chi connectivity index (χ0) is 13.0. The molecular formula is C14H24N4. The Hall–Kier alpha value is -1.13. The highest BCUT2D eigenvalue weighted by Crippen LogP contribution is 2.22. The molecule has 1 aromatic heterocycles. The van der Waals surface area contributed by atoms with Gasteiger partial charge in [0.2, 0.25) is 0 Å². The molecule has 0 aromatic carbocycles. The molecule has 1 aliphatic rings. The Morgan fingerprint density at radius 1 is 1.44 bits per heavy atom. The van der Waals surface area contributed by atoms with E-state index >= 15 is 0 Å². The Kier molecular flexibility index (Phi) is 4.55. The number of aromatic nitrogens is 1. The van der Waals surface area contributed by atoms with Gasteiger partial charge in [-0.3, -0.25) is 4.98 Å². The van der Waals surface area contributed by atoms with Gasteiger partial charge in [0.05, 0.1) is 5.69 Å². The van der Waals surface area contributed by atoms with Crippen LogP contribution >= 0.6 is 0 Å². The summed E-state index contributed by atoms with van der Waals surface area (Å²) in [5.41, 5.74) is 7.92. The highest BCUT2D eigenvalue weighted by molar-refractivity contribution is 5.48. The van der Waals surface area contributed by atoms with Crippen LogP contribution in [0.25, 0.3) is 0 Å². The summed E-state index contributed by atoms with van der Waals surface area (Å²) < 4.78 is 0. The van der Waals surface area contributed by atoms with E-state index in [1.807, 2.05) is 6.20 Å². The van der Waals surface area contributed by atoms with E-state index in [9.17, 15) is 0 Å². The first kappa shape index (κ1) is 13.3. The molecule has 2 rings (SSSR count). The molecule has 2 heterocycles. The summed E-state index contributed by atoms with van der Waals surface area (Å²) in [6.45, 7) is 6.22. The number of pyridine rings is 1. The van der Waals surface area contributed by atoms with Gasteiger partial charge in [-0.1, -0.05) is 6.92 Å². The second kappa shape index (κ2) is 6.16. The van der Waals surface area contributed by atoms with Crippen LogP contribution in [0.1, 0.15) is 25.5 Å². The summed E-state index contributed by atoms with van der Waals surface area (Å²) >= 11 is 0. The van der Waals surface area contributed by atoms with Crippen molar-refractivity contribution in [2.24, 2.45) is 5.73 Å². The van der Waals surface area contributed by atoms with Crippen molar-refractivity contribution in [1.29, 1.82) is 0 Å². The predicted molar refractivity (Wildman–Crippen MR) is 75.7 cm³/mol. The number of nitrogens with zero attached hydrogens (tertiary/aromatic N) is 3. The smallest absolute Gasteiger partial charge is 0.0560 e. The third-order valence-corrected chi connectivity index (χ3v) is 3.71. The van der Waals surface area contributed by atoms with Gasteiger partial charge in [0, 0.05) is 37.6 Å². The lowest BCUT2D eigenvalue weighted by Gasteiger charge is -2.32. The third-order valence-electron chi connectivity index (χ3n) is 3.71. The number of hydrogen-bond donors (Lipinski definition) is 1. The average Bonchev–Trinajstić information content (AvgIpc) is 2.60. The van der Waals surface area contributed by atoms with E-state index in [1.54, 1.807) is 0 Å². The number of nitrogens with two attached hydrogens (primary N) is 1. The van der Waals surface area contributed by atoms with Crippen molar-refractivity contribution in [3.8, 4) is 0 Å². The van der Waals surface area contributed by atoms with E-state index in [0.29, 0.717) is 12.6 Å². The van der Waals surface area contributed by atoms with Crippen LogP contribution in [-0.4, -0.2) is 42.6 Å². The fourth-order valence-electron chi connectivity index (χ4n) is 2.69. The third kappa shape index (κ3) is 3.00. The van der Waals surface area contributed by atoms with E-state index in [4.69, 9.17) is 5.73 Å². The maximum atomic E-state index is 5.68. The molecule has 0 spiro atoms. The average molecular weight is 248 g/mol. The van der Waals surface area contributed by atoms with Crippen LogP contribution in [0, 0.1) is 0 Å². The Labute approximate surface area is 110 Å². The van der Waals surface area contributed by atoms with Crippen LogP contribution in [0.15, 0.2) is 18.3 Å². The van der Waals surface area contributed by atoms with Crippen molar-refractivity contribution in [2.75, 3.05) is 31.6 Å². The highest BCUT2D eigenvalue weighted by atomic mass is 15.2. The van der Waals surface area contributed by atoms with Crippen LogP contribution in [0.2, 0.25) is 0 Å². The maximum absolute atomic E-state index is 5.68. The van der Waals surface area contributed by atoms with Gasteiger partial charge in [0.1, 0.15) is 0 Å². The molecule has 1 unspecified atom stereocenters. The minimum absolute atomic E-state index is 0.512. The largest absolute Gasteiger partial charge is 0.367 e.